The smallest absolute Gasteiger partial charge is 0.302 e. The van der Waals surface area contributed by atoms with Gasteiger partial charge in [0.2, 0.25) is 17.7 Å². The summed E-state index contributed by atoms with van der Waals surface area (Å²) in [5, 5.41) is 9.24. The minimum Gasteiger partial charge on any atom is -0.418 e. The van der Waals surface area contributed by atoms with Crippen LogP contribution in [0, 0.1) is 6.92 Å². The third kappa shape index (κ3) is 6.12. The molecule has 0 unspecified atom stereocenters. The van der Waals surface area contributed by atoms with Gasteiger partial charge in [0.05, 0.1) is 16.9 Å². The van der Waals surface area contributed by atoms with Crippen molar-refractivity contribution >= 4 is 41.1 Å². The number of anilines is 4. The molecule has 3 aromatic rings. The maximum absolute atomic E-state index is 12.5. The van der Waals surface area contributed by atoms with Crippen LogP contribution in [0.5, 0.6) is 0 Å². The summed E-state index contributed by atoms with van der Waals surface area (Å²) in [6.07, 6.45) is 1.96. The minimum atomic E-state index is -0.465. The molecule has 164 valence electrons. The van der Waals surface area contributed by atoms with Crippen LogP contribution in [0.1, 0.15) is 28.9 Å². The zero-order valence-corrected chi connectivity index (χ0v) is 18.6. The van der Waals surface area contributed by atoms with E-state index in [1.54, 1.807) is 6.07 Å². The molecular formula is C20H25ClN8O2. The molecule has 0 aliphatic heterocycles. The van der Waals surface area contributed by atoms with Crippen LogP contribution in [0.15, 0.2) is 28.8 Å². The third-order valence-electron chi connectivity index (χ3n) is 4.25. The Balaban J connectivity index is 1.70. The molecule has 0 saturated carbocycles. The van der Waals surface area contributed by atoms with E-state index < -0.39 is 5.91 Å². The number of nitrogens with one attached hydrogen (secondary N) is 3. The van der Waals surface area contributed by atoms with Crippen LogP contribution in [0.25, 0.3) is 0 Å². The van der Waals surface area contributed by atoms with Crippen molar-refractivity contribution in [3.63, 3.8) is 0 Å². The zero-order chi connectivity index (χ0) is 22.4. The Bertz CT molecular complexity index is 1030. The Labute approximate surface area is 185 Å². The SMILES string of the molecule is CCc1nc(NCCN(C)C)nc(Nc2ncc(C(=O)Nc3c(C)cccc3Cl)o2)n1. The number of hydrogen-bond donors (Lipinski definition) is 3. The summed E-state index contributed by atoms with van der Waals surface area (Å²) in [6, 6.07) is 5.46. The van der Waals surface area contributed by atoms with Gasteiger partial charge in [-0.15, -0.1) is 0 Å². The first-order valence-corrected chi connectivity index (χ1v) is 10.2. The molecule has 2 heterocycles. The summed E-state index contributed by atoms with van der Waals surface area (Å²) in [6.45, 7) is 5.32. The largest absolute Gasteiger partial charge is 0.418 e. The van der Waals surface area contributed by atoms with Gasteiger partial charge in [0, 0.05) is 19.5 Å². The highest BCUT2D eigenvalue weighted by Gasteiger charge is 2.16. The zero-order valence-electron chi connectivity index (χ0n) is 17.9. The highest BCUT2D eigenvalue weighted by atomic mass is 35.5. The van der Waals surface area contributed by atoms with E-state index in [0.29, 0.717) is 35.4 Å². The van der Waals surface area contributed by atoms with Crippen LogP contribution in [0.2, 0.25) is 5.02 Å². The standard InChI is InChI=1S/C20H25ClN8O2/c1-5-15-24-18(22-9-10-29(3)4)27-19(25-15)28-20-23-11-14(31-20)17(30)26-16-12(2)7-6-8-13(16)21/h6-8,11H,5,9-10H2,1-4H3,(H,26,30)(H2,22,23,24,25,27,28). The molecule has 11 heteroatoms. The molecule has 0 bridgehead atoms. The van der Waals surface area contributed by atoms with E-state index in [1.807, 2.05) is 40.1 Å². The molecule has 3 N–H and O–H groups in total. The monoisotopic (exact) mass is 444 g/mol. The van der Waals surface area contributed by atoms with E-state index in [1.165, 1.54) is 6.20 Å². The lowest BCUT2D eigenvalue weighted by Crippen LogP contribution is -2.22. The Morgan fingerprint density at radius 3 is 2.68 bits per heavy atom. The Hall–Kier alpha value is -3.24. The van der Waals surface area contributed by atoms with Crippen LogP contribution >= 0.6 is 11.6 Å². The van der Waals surface area contributed by atoms with Gasteiger partial charge in [0.25, 0.3) is 5.91 Å². The van der Waals surface area contributed by atoms with Gasteiger partial charge in [-0.1, -0.05) is 30.7 Å². The van der Waals surface area contributed by atoms with E-state index >= 15 is 0 Å². The van der Waals surface area contributed by atoms with E-state index in [2.05, 4.69) is 40.8 Å². The lowest BCUT2D eigenvalue weighted by atomic mass is 10.2. The van der Waals surface area contributed by atoms with Crippen molar-refractivity contribution < 1.29 is 9.21 Å². The van der Waals surface area contributed by atoms with Crippen LogP contribution in [-0.2, 0) is 6.42 Å². The van der Waals surface area contributed by atoms with Crippen molar-refractivity contribution in [1.82, 2.24) is 24.8 Å². The average molecular weight is 445 g/mol. The van der Waals surface area contributed by atoms with Crippen LogP contribution < -0.4 is 16.0 Å². The molecule has 0 fully saturated rings. The number of aromatic nitrogens is 4. The lowest BCUT2D eigenvalue weighted by Gasteiger charge is -2.11. The third-order valence-corrected chi connectivity index (χ3v) is 4.56. The van der Waals surface area contributed by atoms with Crippen molar-refractivity contribution in [3.05, 3.63) is 46.6 Å². The first-order valence-electron chi connectivity index (χ1n) is 9.78. The fraction of sp³-hybridized carbons (Fsp3) is 0.350. The molecule has 0 atom stereocenters. The van der Waals surface area contributed by atoms with Gasteiger partial charge in [-0.3, -0.25) is 10.1 Å². The summed E-state index contributed by atoms with van der Waals surface area (Å²) in [5.41, 5.74) is 1.36. The molecule has 3 rings (SSSR count). The lowest BCUT2D eigenvalue weighted by molar-refractivity contribution is 0.0997. The van der Waals surface area contributed by atoms with Gasteiger partial charge in [-0.05, 0) is 32.6 Å². The molecule has 0 saturated heterocycles. The number of likely N-dealkylation sites (N-methyl/N-ethyl adjacent to an activating group) is 1. The molecule has 0 aliphatic carbocycles. The molecule has 2 aromatic heterocycles. The van der Waals surface area contributed by atoms with E-state index in [0.717, 1.165) is 12.1 Å². The fourth-order valence-corrected chi connectivity index (χ4v) is 2.87. The summed E-state index contributed by atoms with van der Waals surface area (Å²) >= 11 is 6.17. The molecule has 1 aromatic carbocycles. The van der Waals surface area contributed by atoms with Gasteiger partial charge in [-0.25, -0.2) is 4.98 Å². The van der Waals surface area contributed by atoms with Gasteiger partial charge in [-0.2, -0.15) is 15.0 Å². The number of carbonyl (C=O) groups excluding carboxylic acids is 1. The Morgan fingerprint density at radius 2 is 1.97 bits per heavy atom. The maximum Gasteiger partial charge on any atom is 0.302 e. The highest BCUT2D eigenvalue weighted by Crippen LogP contribution is 2.26. The first-order chi connectivity index (χ1) is 14.9. The number of hydrogen-bond acceptors (Lipinski definition) is 9. The minimum absolute atomic E-state index is 0.0240. The summed E-state index contributed by atoms with van der Waals surface area (Å²) < 4.78 is 5.52. The number of benzene rings is 1. The normalized spacial score (nSPS) is 10.9. The van der Waals surface area contributed by atoms with Crippen molar-refractivity contribution in [1.29, 1.82) is 0 Å². The number of para-hydroxylation sites is 1. The Kier molecular flexibility index (Phi) is 7.37. The van der Waals surface area contributed by atoms with Crippen molar-refractivity contribution in [2.45, 2.75) is 20.3 Å². The number of oxazole rings is 1. The second-order valence-electron chi connectivity index (χ2n) is 7.02. The number of amides is 1. The summed E-state index contributed by atoms with van der Waals surface area (Å²) in [4.78, 5) is 31.7. The fourth-order valence-electron chi connectivity index (χ4n) is 2.60. The number of nitrogens with zero attached hydrogens (tertiary/aromatic N) is 5. The molecule has 31 heavy (non-hydrogen) atoms. The number of aryl methyl sites for hydroxylation is 2. The first kappa shape index (κ1) is 22.4. The second-order valence-corrected chi connectivity index (χ2v) is 7.43. The molecular weight excluding hydrogens is 420 g/mol. The predicted molar refractivity (Wildman–Crippen MR) is 120 cm³/mol. The highest BCUT2D eigenvalue weighted by molar-refractivity contribution is 6.34. The molecule has 1 amide bonds. The van der Waals surface area contributed by atoms with Gasteiger partial charge < -0.3 is 20.0 Å². The quantitative estimate of drug-likeness (QED) is 0.456. The van der Waals surface area contributed by atoms with E-state index in [-0.39, 0.29) is 17.7 Å². The van der Waals surface area contributed by atoms with Crippen molar-refractivity contribution in [3.8, 4) is 0 Å². The molecule has 0 spiro atoms. The van der Waals surface area contributed by atoms with Crippen LogP contribution in [0.3, 0.4) is 0 Å². The van der Waals surface area contributed by atoms with Crippen molar-refractivity contribution in [2.75, 3.05) is 43.1 Å². The van der Waals surface area contributed by atoms with Gasteiger partial charge in [0.15, 0.2) is 0 Å². The van der Waals surface area contributed by atoms with E-state index in [4.69, 9.17) is 16.0 Å². The molecule has 0 radical (unpaired) electrons. The molecule has 0 aliphatic rings. The summed E-state index contributed by atoms with van der Waals surface area (Å²) in [5.74, 6) is 0.900. The topological polar surface area (TPSA) is 121 Å². The summed E-state index contributed by atoms with van der Waals surface area (Å²) in [7, 11) is 3.98. The predicted octanol–water partition coefficient (Wildman–Crippen LogP) is 3.35. The van der Waals surface area contributed by atoms with Gasteiger partial charge >= 0.3 is 6.01 Å². The Morgan fingerprint density at radius 1 is 1.19 bits per heavy atom. The maximum atomic E-state index is 12.5. The van der Waals surface area contributed by atoms with Crippen molar-refractivity contribution in [2.24, 2.45) is 0 Å². The van der Waals surface area contributed by atoms with Gasteiger partial charge in [0.1, 0.15) is 5.82 Å². The average Bonchev–Trinajstić information content (AvgIpc) is 3.19. The molecule has 10 nitrogen and oxygen atoms in total. The van der Waals surface area contributed by atoms with Crippen LogP contribution in [-0.4, -0.2) is 57.9 Å². The second kappa shape index (κ2) is 10.2. The van der Waals surface area contributed by atoms with E-state index in [9.17, 15) is 4.79 Å². The van der Waals surface area contributed by atoms with Crippen LogP contribution in [0.4, 0.5) is 23.6 Å². The number of carbonyl (C=O) groups is 1. The number of rotatable bonds is 9. The number of halogens is 1.